The molecule has 0 saturated carbocycles. The van der Waals surface area contributed by atoms with Gasteiger partial charge in [0.1, 0.15) is 0 Å². The van der Waals surface area contributed by atoms with Crippen LogP contribution in [0.4, 0.5) is 0 Å². The largest absolute Gasteiger partial charge is 0.327 e. The zero-order valence-corrected chi connectivity index (χ0v) is 11.1. The fraction of sp³-hybridized carbons (Fsp3) is 0.500. The third-order valence-corrected chi connectivity index (χ3v) is 4.16. The molecule has 0 aliphatic heterocycles. The number of hydrogen-bond donors (Lipinski definition) is 2. The minimum Gasteiger partial charge on any atom is -0.327 e. The first kappa shape index (κ1) is 14.2. The lowest BCUT2D eigenvalue weighted by Gasteiger charge is -2.13. The molecule has 0 aliphatic rings. The maximum atomic E-state index is 12.0. The Morgan fingerprint density at radius 1 is 1.35 bits per heavy atom. The van der Waals surface area contributed by atoms with Crippen LogP contribution in [0.15, 0.2) is 29.2 Å². The zero-order chi connectivity index (χ0) is 12.9. The molecule has 1 unspecified atom stereocenters. The maximum absolute atomic E-state index is 12.0. The summed E-state index contributed by atoms with van der Waals surface area (Å²) in [5.74, 6) is 0. The van der Waals surface area contributed by atoms with Crippen molar-refractivity contribution >= 4 is 10.0 Å². The first-order valence-corrected chi connectivity index (χ1v) is 7.26. The summed E-state index contributed by atoms with van der Waals surface area (Å²) >= 11 is 0. The van der Waals surface area contributed by atoms with Crippen molar-refractivity contribution in [2.75, 3.05) is 6.54 Å². The van der Waals surface area contributed by atoms with Crippen molar-refractivity contribution in [3.8, 4) is 0 Å². The Hall–Kier alpha value is -0.910. The third-order valence-electron chi connectivity index (χ3n) is 2.58. The molecule has 1 rings (SSSR count). The highest BCUT2D eigenvalue weighted by molar-refractivity contribution is 7.89. The van der Waals surface area contributed by atoms with E-state index in [9.17, 15) is 8.42 Å². The molecule has 5 heteroatoms. The highest BCUT2D eigenvalue weighted by Crippen LogP contribution is 2.13. The van der Waals surface area contributed by atoms with Gasteiger partial charge in [-0.05, 0) is 25.0 Å². The summed E-state index contributed by atoms with van der Waals surface area (Å²) in [6.45, 7) is 4.08. The Morgan fingerprint density at radius 3 is 2.59 bits per heavy atom. The standard InChI is InChI=1S/C12H20N2O2S/c1-3-6-11(13)9-14-17(15,16)12-8-5-4-7-10(12)2/h4-5,7-8,11,14H,3,6,9,13H2,1-2H3. The Balaban J connectivity index is 2.73. The lowest BCUT2D eigenvalue weighted by molar-refractivity contribution is 0.552. The van der Waals surface area contributed by atoms with Crippen molar-refractivity contribution < 1.29 is 8.42 Å². The smallest absolute Gasteiger partial charge is 0.240 e. The van der Waals surface area contributed by atoms with E-state index < -0.39 is 10.0 Å². The van der Waals surface area contributed by atoms with E-state index >= 15 is 0 Å². The zero-order valence-electron chi connectivity index (χ0n) is 10.3. The van der Waals surface area contributed by atoms with E-state index in [0.29, 0.717) is 4.90 Å². The van der Waals surface area contributed by atoms with Crippen LogP contribution in [-0.2, 0) is 10.0 Å². The second-order valence-corrected chi connectivity index (χ2v) is 5.90. The molecule has 0 fully saturated rings. The maximum Gasteiger partial charge on any atom is 0.240 e. The van der Waals surface area contributed by atoms with Gasteiger partial charge < -0.3 is 5.73 Å². The SMILES string of the molecule is CCCC(N)CNS(=O)(=O)c1ccccc1C. The Bertz CT molecular complexity index is 457. The van der Waals surface area contributed by atoms with Gasteiger partial charge in [0.25, 0.3) is 0 Å². The summed E-state index contributed by atoms with van der Waals surface area (Å²) in [6.07, 6.45) is 1.77. The second-order valence-electron chi connectivity index (χ2n) is 4.17. The van der Waals surface area contributed by atoms with Gasteiger partial charge in [-0.2, -0.15) is 0 Å². The Kier molecular flexibility index (Phi) is 5.11. The van der Waals surface area contributed by atoms with Gasteiger partial charge in [-0.25, -0.2) is 13.1 Å². The molecule has 0 heterocycles. The lowest BCUT2D eigenvalue weighted by Crippen LogP contribution is -2.37. The average Bonchev–Trinajstić information content (AvgIpc) is 2.27. The molecule has 0 aliphatic carbocycles. The van der Waals surface area contributed by atoms with Crippen LogP contribution in [0.2, 0.25) is 0 Å². The summed E-state index contributed by atoms with van der Waals surface area (Å²) in [4.78, 5) is 0.323. The second kappa shape index (κ2) is 6.14. The van der Waals surface area contributed by atoms with Gasteiger partial charge in [-0.1, -0.05) is 31.5 Å². The Morgan fingerprint density at radius 2 is 2.00 bits per heavy atom. The molecule has 0 radical (unpaired) electrons. The van der Waals surface area contributed by atoms with E-state index in [-0.39, 0.29) is 12.6 Å². The predicted molar refractivity (Wildman–Crippen MR) is 69.3 cm³/mol. The molecule has 17 heavy (non-hydrogen) atoms. The molecule has 0 amide bonds. The molecule has 96 valence electrons. The van der Waals surface area contributed by atoms with E-state index in [1.54, 1.807) is 25.1 Å². The molecule has 0 bridgehead atoms. The van der Waals surface area contributed by atoms with Gasteiger partial charge in [0.15, 0.2) is 0 Å². The summed E-state index contributed by atoms with van der Waals surface area (Å²) in [7, 11) is -3.43. The molecule has 4 nitrogen and oxygen atoms in total. The van der Waals surface area contributed by atoms with E-state index in [2.05, 4.69) is 4.72 Å². The average molecular weight is 256 g/mol. The molecule has 1 aromatic carbocycles. The van der Waals surface area contributed by atoms with Gasteiger partial charge in [-0.15, -0.1) is 0 Å². The van der Waals surface area contributed by atoms with Crippen LogP contribution in [0, 0.1) is 6.92 Å². The minimum absolute atomic E-state index is 0.126. The number of nitrogens with two attached hydrogens (primary N) is 1. The number of benzene rings is 1. The normalized spacial score (nSPS) is 13.6. The molecule has 0 spiro atoms. The van der Waals surface area contributed by atoms with Crippen LogP contribution >= 0.6 is 0 Å². The van der Waals surface area contributed by atoms with Gasteiger partial charge in [-0.3, -0.25) is 0 Å². The van der Waals surface area contributed by atoms with Crippen LogP contribution in [0.25, 0.3) is 0 Å². The van der Waals surface area contributed by atoms with E-state index in [0.717, 1.165) is 18.4 Å². The van der Waals surface area contributed by atoms with Crippen molar-refractivity contribution in [1.82, 2.24) is 4.72 Å². The van der Waals surface area contributed by atoms with Crippen molar-refractivity contribution in [3.63, 3.8) is 0 Å². The van der Waals surface area contributed by atoms with E-state index in [4.69, 9.17) is 5.73 Å². The van der Waals surface area contributed by atoms with Crippen LogP contribution < -0.4 is 10.5 Å². The minimum atomic E-state index is -3.43. The Labute approximate surface area is 103 Å². The molecule has 0 saturated heterocycles. The van der Waals surface area contributed by atoms with Crippen LogP contribution in [-0.4, -0.2) is 21.0 Å². The van der Waals surface area contributed by atoms with Crippen LogP contribution in [0.1, 0.15) is 25.3 Å². The van der Waals surface area contributed by atoms with Crippen molar-refractivity contribution in [2.24, 2.45) is 5.73 Å². The number of rotatable bonds is 6. The molecule has 1 aromatic rings. The fourth-order valence-electron chi connectivity index (χ4n) is 1.63. The summed E-state index contributed by atoms with van der Waals surface area (Å²) < 4.78 is 26.5. The predicted octanol–water partition coefficient (Wildman–Crippen LogP) is 1.40. The van der Waals surface area contributed by atoms with Crippen LogP contribution in [0.3, 0.4) is 0 Å². The number of hydrogen-bond acceptors (Lipinski definition) is 3. The monoisotopic (exact) mass is 256 g/mol. The molecule has 1 atom stereocenters. The number of sulfonamides is 1. The molecule has 3 N–H and O–H groups in total. The highest BCUT2D eigenvalue weighted by atomic mass is 32.2. The quantitative estimate of drug-likeness (QED) is 0.808. The van der Waals surface area contributed by atoms with Crippen molar-refractivity contribution in [1.29, 1.82) is 0 Å². The van der Waals surface area contributed by atoms with Gasteiger partial charge >= 0.3 is 0 Å². The highest BCUT2D eigenvalue weighted by Gasteiger charge is 2.16. The van der Waals surface area contributed by atoms with Crippen molar-refractivity contribution in [2.45, 2.75) is 37.6 Å². The molecule has 0 aromatic heterocycles. The molecular weight excluding hydrogens is 236 g/mol. The van der Waals surface area contributed by atoms with Gasteiger partial charge in [0.05, 0.1) is 4.90 Å². The number of nitrogens with one attached hydrogen (secondary N) is 1. The van der Waals surface area contributed by atoms with Gasteiger partial charge in [0.2, 0.25) is 10.0 Å². The fourth-order valence-corrected chi connectivity index (χ4v) is 2.96. The summed E-state index contributed by atoms with van der Waals surface area (Å²) in [5.41, 5.74) is 6.52. The van der Waals surface area contributed by atoms with Crippen molar-refractivity contribution in [3.05, 3.63) is 29.8 Å². The lowest BCUT2D eigenvalue weighted by atomic mass is 10.2. The van der Waals surface area contributed by atoms with E-state index in [1.165, 1.54) is 0 Å². The molecular formula is C12H20N2O2S. The van der Waals surface area contributed by atoms with Gasteiger partial charge in [0, 0.05) is 12.6 Å². The third kappa shape index (κ3) is 4.11. The topological polar surface area (TPSA) is 72.2 Å². The van der Waals surface area contributed by atoms with E-state index in [1.807, 2.05) is 13.0 Å². The first-order chi connectivity index (χ1) is 7.97. The summed E-state index contributed by atoms with van der Waals surface area (Å²) in [6, 6.07) is 6.78. The van der Waals surface area contributed by atoms with Crippen LogP contribution in [0.5, 0.6) is 0 Å². The number of aryl methyl sites for hydroxylation is 1. The first-order valence-electron chi connectivity index (χ1n) is 5.78. The summed E-state index contributed by atoms with van der Waals surface area (Å²) in [5, 5.41) is 0.